The molecule has 4 aromatic rings. The quantitative estimate of drug-likeness (QED) is 0.330. The van der Waals surface area contributed by atoms with E-state index in [-0.39, 0.29) is 0 Å². The van der Waals surface area contributed by atoms with Gasteiger partial charge in [-0.1, -0.05) is 101 Å². The summed E-state index contributed by atoms with van der Waals surface area (Å²) in [5, 5.41) is 0. The zero-order valence-electron chi connectivity index (χ0n) is 14.9. The second-order valence-corrected chi connectivity index (χ2v) is 6.70. The molecule has 27 heavy (non-hydrogen) atoms. The van der Waals surface area contributed by atoms with Gasteiger partial charge in [-0.25, -0.2) is 0 Å². The van der Waals surface area contributed by atoms with Gasteiger partial charge in [-0.3, -0.25) is 0 Å². The molecule has 5 rings (SSSR count). The van der Waals surface area contributed by atoms with Gasteiger partial charge < -0.3 is 0 Å². The topological polar surface area (TPSA) is 0 Å². The predicted octanol–water partition coefficient (Wildman–Crippen LogP) is 6.30. The van der Waals surface area contributed by atoms with Crippen LogP contribution in [0.3, 0.4) is 0 Å². The number of hydrogen-bond acceptors (Lipinski definition) is 0. The van der Waals surface area contributed by atoms with Crippen LogP contribution in [0.4, 0.5) is 0 Å². The molecule has 0 amide bonds. The molecule has 0 heterocycles. The molecule has 1 aliphatic rings. The lowest BCUT2D eigenvalue weighted by atomic mass is 9.72. The van der Waals surface area contributed by atoms with Crippen molar-refractivity contribution in [2.24, 2.45) is 0 Å². The van der Waals surface area contributed by atoms with Crippen molar-refractivity contribution in [3.63, 3.8) is 0 Å². The third-order valence-electron chi connectivity index (χ3n) is 5.04. The SMILES string of the molecule is [C+](=C1c2ccccc2[C-](c2ccccc2)c2ccccc21)c1ccccc1. The van der Waals surface area contributed by atoms with E-state index in [2.05, 4.69) is 109 Å². The molecule has 1 aliphatic carbocycles. The van der Waals surface area contributed by atoms with Crippen LogP contribution in [-0.2, 0) is 0 Å². The zero-order valence-corrected chi connectivity index (χ0v) is 14.9. The molecule has 0 N–H and O–H groups in total. The van der Waals surface area contributed by atoms with E-state index in [9.17, 15) is 0 Å². The van der Waals surface area contributed by atoms with E-state index in [1.807, 2.05) is 6.07 Å². The molecular weight excluding hydrogens is 324 g/mol. The molecule has 0 saturated carbocycles. The van der Waals surface area contributed by atoms with E-state index in [1.54, 1.807) is 0 Å². The molecule has 4 aromatic carbocycles. The van der Waals surface area contributed by atoms with Crippen LogP contribution in [0.15, 0.2) is 109 Å². The van der Waals surface area contributed by atoms with Gasteiger partial charge in [0.1, 0.15) is 5.56 Å². The number of fused-ring (bicyclic) bond motifs is 2. The molecule has 0 nitrogen and oxygen atoms in total. The summed E-state index contributed by atoms with van der Waals surface area (Å²) in [5.74, 6) is 1.29. The smallest absolute Gasteiger partial charge is 0.0999 e. The number of hydrogen-bond donors (Lipinski definition) is 0. The fourth-order valence-electron chi connectivity index (χ4n) is 3.84. The molecule has 0 fully saturated rings. The van der Waals surface area contributed by atoms with Crippen LogP contribution in [0, 0.1) is 12.0 Å². The summed E-state index contributed by atoms with van der Waals surface area (Å²) in [7, 11) is 0. The van der Waals surface area contributed by atoms with Gasteiger partial charge in [0.2, 0.25) is 0 Å². The molecule has 0 radical (unpaired) electrons. The second kappa shape index (κ2) is 6.61. The minimum absolute atomic E-state index is 1.10. The van der Waals surface area contributed by atoms with Gasteiger partial charge in [-0.15, -0.1) is 0 Å². The van der Waals surface area contributed by atoms with Gasteiger partial charge in [-0.2, -0.15) is 0 Å². The van der Waals surface area contributed by atoms with Crippen molar-refractivity contribution < 1.29 is 0 Å². The van der Waals surface area contributed by atoms with Crippen molar-refractivity contribution in [2.45, 2.75) is 0 Å². The zero-order chi connectivity index (χ0) is 18.1. The summed E-state index contributed by atoms with van der Waals surface area (Å²) in [5.41, 5.74) is 8.50. The van der Waals surface area contributed by atoms with Gasteiger partial charge in [0.15, 0.2) is 0 Å². The predicted molar refractivity (Wildman–Crippen MR) is 111 cm³/mol. The summed E-state index contributed by atoms with van der Waals surface area (Å²) in [6.07, 6.45) is 3.67. The molecule has 0 unspecified atom stereocenters. The molecule has 0 aliphatic heterocycles. The molecule has 126 valence electrons. The first-order chi connectivity index (χ1) is 13.4. The van der Waals surface area contributed by atoms with Crippen molar-refractivity contribution in [1.29, 1.82) is 0 Å². The molecule has 0 bridgehead atoms. The lowest BCUT2D eigenvalue weighted by molar-refractivity contribution is 1.18. The maximum atomic E-state index is 3.67. The molecule has 0 atom stereocenters. The summed E-state index contributed by atoms with van der Waals surface area (Å²) >= 11 is 0. The van der Waals surface area contributed by atoms with Gasteiger partial charge in [0.25, 0.3) is 0 Å². The van der Waals surface area contributed by atoms with Crippen molar-refractivity contribution in [3.05, 3.63) is 155 Å². The highest BCUT2D eigenvalue weighted by Gasteiger charge is 2.25. The standard InChI is InChI=1S/C27H18/c1-3-11-20(12-4-1)19-26-22-15-7-9-17-24(22)27(21-13-5-2-6-14-21)25-18-10-8-16-23(25)26/h1-18H. The van der Waals surface area contributed by atoms with Crippen LogP contribution in [0.2, 0.25) is 0 Å². The maximum Gasteiger partial charge on any atom is 0.119 e. The van der Waals surface area contributed by atoms with E-state index < -0.39 is 0 Å². The Kier molecular flexibility index (Phi) is 3.83. The van der Waals surface area contributed by atoms with E-state index in [0.717, 1.165) is 11.1 Å². The van der Waals surface area contributed by atoms with Crippen molar-refractivity contribution in [3.8, 4) is 0 Å². The summed E-state index contributed by atoms with van der Waals surface area (Å²) in [6, 6.07) is 38.4. The highest BCUT2D eigenvalue weighted by molar-refractivity contribution is 5.90. The van der Waals surface area contributed by atoms with E-state index in [4.69, 9.17) is 0 Å². The Balaban J connectivity index is 1.79. The van der Waals surface area contributed by atoms with Gasteiger partial charge >= 0.3 is 0 Å². The summed E-state index contributed by atoms with van der Waals surface area (Å²) in [6.45, 7) is 0. The minimum atomic E-state index is 1.10. The lowest BCUT2D eigenvalue weighted by Crippen LogP contribution is -2.15. The third-order valence-corrected chi connectivity index (χ3v) is 5.04. The van der Waals surface area contributed by atoms with E-state index in [1.165, 1.54) is 33.7 Å². The number of rotatable bonds is 2. The first kappa shape index (κ1) is 15.6. The van der Waals surface area contributed by atoms with Crippen molar-refractivity contribution in [1.82, 2.24) is 0 Å². The monoisotopic (exact) mass is 342 g/mol. The van der Waals surface area contributed by atoms with Crippen LogP contribution in [-0.4, -0.2) is 0 Å². The molecule has 0 spiro atoms. The highest BCUT2D eigenvalue weighted by Crippen LogP contribution is 2.45. The van der Waals surface area contributed by atoms with Gasteiger partial charge in [0, 0.05) is 17.7 Å². The Morgan fingerprint density at radius 3 is 1.56 bits per heavy atom. The van der Waals surface area contributed by atoms with Crippen LogP contribution in [0.25, 0.3) is 5.57 Å². The fraction of sp³-hybridized carbons (Fsp3) is 0. The third kappa shape index (κ3) is 2.73. The van der Waals surface area contributed by atoms with Crippen molar-refractivity contribution in [2.75, 3.05) is 0 Å². The van der Waals surface area contributed by atoms with E-state index in [0.29, 0.717) is 0 Å². The maximum absolute atomic E-state index is 3.67. The summed E-state index contributed by atoms with van der Waals surface area (Å²) in [4.78, 5) is 0. The molecule has 0 heteroatoms. The van der Waals surface area contributed by atoms with Gasteiger partial charge in [-0.05, 0) is 35.4 Å². The van der Waals surface area contributed by atoms with Gasteiger partial charge in [0.05, 0.1) is 0 Å². The highest BCUT2D eigenvalue weighted by atomic mass is 14.3. The normalized spacial score (nSPS) is 12.1. The average Bonchev–Trinajstić information content (AvgIpc) is 2.75. The minimum Gasteiger partial charge on any atom is -0.0999 e. The Hall–Kier alpha value is -3.60. The summed E-state index contributed by atoms with van der Waals surface area (Å²) < 4.78 is 0. The van der Waals surface area contributed by atoms with Crippen molar-refractivity contribution >= 4 is 5.57 Å². The van der Waals surface area contributed by atoms with Crippen LogP contribution in [0.1, 0.15) is 33.4 Å². The fourth-order valence-corrected chi connectivity index (χ4v) is 3.84. The Morgan fingerprint density at radius 1 is 0.481 bits per heavy atom. The second-order valence-electron chi connectivity index (χ2n) is 6.70. The van der Waals surface area contributed by atoms with Crippen LogP contribution < -0.4 is 0 Å². The Morgan fingerprint density at radius 2 is 0.963 bits per heavy atom. The van der Waals surface area contributed by atoms with Crippen LogP contribution in [0.5, 0.6) is 0 Å². The Bertz CT molecular complexity index is 1060. The lowest BCUT2D eigenvalue weighted by Gasteiger charge is -2.35. The molecule has 0 aromatic heterocycles. The Labute approximate surface area is 160 Å². The molecule has 0 saturated heterocycles. The largest absolute Gasteiger partial charge is 0.119 e. The number of benzene rings is 4. The van der Waals surface area contributed by atoms with E-state index >= 15 is 0 Å². The first-order valence-electron chi connectivity index (χ1n) is 9.23. The molecular formula is C27H18. The average molecular weight is 342 g/mol. The first-order valence-corrected chi connectivity index (χ1v) is 9.23. The van der Waals surface area contributed by atoms with Crippen LogP contribution >= 0.6 is 0 Å².